The molecule has 0 spiro atoms. The molecule has 3 rings (SSSR count). The average Bonchev–Trinajstić information content (AvgIpc) is 2.96. The van der Waals surface area contributed by atoms with Crippen LogP contribution in [0.2, 0.25) is 0 Å². The predicted octanol–water partition coefficient (Wildman–Crippen LogP) is 3.99. The molecule has 22 heavy (non-hydrogen) atoms. The van der Waals surface area contributed by atoms with Gasteiger partial charge in [-0.1, -0.05) is 49.2 Å². The Kier molecular flexibility index (Phi) is 5.98. The Labute approximate surface area is 137 Å². The quantitative estimate of drug-likeness (QED) is 0.924. The number of rotatable bonds is 4. The molecule has 1 aromatic heterocycles. The van der Waals surface area contributed by atoms with Gasteiger partial charge in [0.2, 0.25) is 11.7 Å². The second-order valence-corrected chi connectivity index (χ2v) is 6.25. The van der Waals surface area contributed by atoms with Crippen molar-refractivity contribution in [2.24, 2.45) is 17.6 Å². The molecule has 1 fully saturated rings. The van der Waals surface area contributed by atoms with E-state index in [0.29, 0.717) is 18.3 Å². The van der Waals surface area contributed by atoms with Crippen molar-refractivity contribution in [2.75, 3.05) is 0 Å². The molecule has 5 heteroatoms. The van der Waals surface area contributed by atoms with Crippen LogP contribution in [0.15, 0.2) is 28.8 Å². The summed E-state index contributed by atoms with van der Waals surface area (Å²) >= 11 is 0. The van der Waals surface area contributed by atoms with Crippen LogP contribution in [0.3, 0.4) is 0 Å². The molecule has 0 radical (unpaired) electrons. The van der Waals surface area contributed by atoms with Crippen molar-refractivity contribution in [1.82, 2.24) is 10.1 Å². The standard InChI is InChI=1S/C17H23N3O.ClH/c1-12-3-2-4-14(9-12)10-16-19-17(20-21-16)15-7-5-13(11-18)6-8-15;/h5-8,12,14H,2-4,9-11,18H2,1H3;1H. The van der Waals surface area contributed by atoms with Crippen molar-refractivity contribution in [3.8, 4) is 11.4 Å². The van der Waals surface area contributed by atoms with Crippen LogP contribution in [0.25, 0.3) is 11.4 Å². The van der Waals surface area contributed by atoms with Gasteiger partial charge in [0.05, 0.1) is 0 Å². The predicted molar refractivity (Wildman–Crippen MR) is 89.7 cm³/mol. The van der Waals surface area contributed by atoms with Crippen LogP contribution in [0, 0.1) is 11.8 Å². The molecule has 1 aliphatic rings. The zero-order chi connectivity index (χ0) is 14.7. The molecule has 0 bridgehead atoms. The van der Waals surface area contributed by atoms with E-state index < -0.39 is 0 Å². The first-order valence-electron chi connectivity index (χ1n) is 7.86. The Hall–Kier alpha value is -1.39. The molecule has 1 aromatic carbocycles. The number of nitrogens with two attached hydrogens (primary N) is 1. The van der Waals surface area contributed by atoms with Gasteiger partial charge in [-0.25, -0.2) is 0 Å². The molecule has 1 saturated carbocycles. The van der Waals surface area contributed by atoms with E-state index in [-0.39, 0.29) is 12.4 Å². The van der Waals surface area contributed by atoms with Gasteiger partial charge in [-0.05, 0) is 30.2 Å². The largest absolute Gasteiger partial charge is 0.339 e. The maximum absolute atomic E-state index is 5.61. The Morgan fingerprint density at radius 3 is 2.68 bits per heavy atom. The third-order valence-electron chi connectivity index (χ3n) is 4.42. The van der Waals surface area contributed by atoms with Gasteiger partial charge in [0.15, 0.2) is 0 Å². The van der Waals surface area contributed by atoms with Crippen LogP contribution >= 0.6 is 12.4 Å². The number of benzene rings is 1. The molecule has 0 saturated heterocycles. The van der Waals surface area contributed by atoms with Crippen molar-refractivity contribution in [1.29, 1.82) is 0 Å². The summed E-state index contributed by atoms with van der Waals surface area (Å²) in [5, 5.41) is 4.11. The summed E-state index contributed by atoms with van der Waals surface area (Å²) in [6.07, 6.45) is 6.17. The van der Waals surface area contributed by atoms with E-state index in [1.165, 1.54) is 25.7 Å². The fraction of sp³-hybridized carbons (Fsp3) is 0.529. The summed E-state index contributed by atoms with van der Waals surface area (Å²) in [6, 6.07) is 8.02. The summed E-state index contributed by atoms with van der Waals surface area (Å²) in [5.41, 5.74) is 7.70. The number of hydrogen-bond acceptors (Lipinski definition) is 4. The zero-order valence-corrected chi connectivity index (χ0v) is 13.8. The first-order chi connectivity index (χ1) is 10.2. The highest BCUT2D eigenvalue weighted by molar-refractivity contribution is 5.85. The third kappa shape index (κ3) is 4.08. The summed E-state index contributed by atoms with van der Waals surface area (Å²) in [5.74, 6) is 2.97. The van der Waals surface area contributed by atoms with Crippen molar-refractivity contribution in [3.05, 3.63) is 35.7 Å². The molecule has 1 aliphatic carbocycles. The van der Waals surface area contributed by atoms with Gasteiger partial charge in [0.1, 0.15) is 0 Å². The number of halogens is 1. The molecule has 2 atom stereocenters. The van der Waals surface area contributed by atoms with Gasteiger partial charge in [-0.2, -0.15) is 4.98 Å². The molecule has 0 amide bonds. The van der Waals surface area contributed by atoms with Crippen molar-refractivity contribution < 1.29 is 4.52 Å². The Morgan fingerprint density at radius 1 is 1.23 bits per heavy atom. The van der Waals surface area contributed by atoms with Crippen LogP contribution in [-0.2, 0) is 13.0 Å². The summed E-state index contributed by atoms with van der Waals surface area (Å²) < 4.78 is 5.43. The first kappa shape index (κ1) is 17.0. The van der Waals surface area contributed by atoms with Crippen molar-refractivity contribution in [2.45, 2.75) is 45.6 Å². The fourth-order valence-corrected chi connectivity index (χ4v) is 3.24. The topological polar surface area (TPSA) is 64.9 Å². The van der Waals surface area contributed by atoms with Gasteiger partial charge in [0.25, 0.3) is 0 Å². The lowest BCUT2D eigenvalue weighted by Crippen LogP contribution is -2.15. The zero-order valence-electron chi connectivity index (χ0n) is 13.0. The second-order valence-electron chi connectivity index (χ2n) is 6.25. The lowest BCUT2D eigenvalue weighted by atomic mass is 9.81. The SMILES string of the molecule is CC1CCCC(Cc2nc(-c3ccc(CN)cc3)no2)C1.Cl. The molecule has 0 aliphatic heterocycles. The van der Waals surface area contributed by atoms with E-state index in [1.54, 1.807) is 0 Å². The maximum Gasteiger partial charge on any atom is 0.227 e. The van der Waals surface area contributed by atoms with Gasteiger partial charge in [0, 0.05) is 18.5 Å². The van der Waals surface area contributed by atoms with Crippen molar-refractivity contribution >= 4 is 12.4 Å². The molecule has 2 aromatic rings. The Balaban J connectivity index is 0.00000176. The smallest absolute Gasteiger partial charge is 0.227 e. The van der Waals surface area contributed by atoms with Crippen LogP contribution < -0.4 is 5.73 Å². The molecule has 4 nitrogen and oxygen atoms in total. The minimum Gasteiger partial charge on any atom is -0.339 e. The minimum atomic E-state index is 0. The number of hydrogen-bond donors (Lipinski definition) is 1. The Bertz CT molecular complexity index is 582. The van der Waals surface area contributed by atoms with Gasteiger partial charge >= 0.3 is 0 Å². The first-order valence-corrected chi connectivity index (χ1v) is 7.86. The lowest BCUT2D eigenvalue weighted by molar-refractivity contribution is 0.257. The van der Waals surface area contributed by atoms with E-state index in [4.69, 9.17) is 10.3 Å². The minimum absolute atomic E-state index is 0. The van der Waals surface area contributed by atoms with E-state index in [2.05, 4.69) is 17.1 Å². The molecular formula is C17H24ClN3O. The van der Waals surface area contributed by atoms with Crippen LogP contribution in [0.5, 0.6) is 0 Å². The van der Waals surface area contributed by atoms with E-state index in [9.17, 15) is 0 Å². The number of nitrogens with zero attached hydrogens (tertiary/aromatic N) is 2. The number of aromatic nitrogens is 2. The molecule has 2 unspecified atom stereocenters. The monoisotopic (exact) mass is 321 g/mol. The second kappa shape index (κ2) is 7.75. The van der Waals surface area contributed by atoms with Gasteiger partial charge in [-0.15, -0.1) is 12.4 Å². The van der Waals surface area contributed by atoms with Gasteiger partial charge in [-0.3, -0.25) is 0 Å². The summed E-state index contributed by atoms with van der Waals surface area (Å²) in [6.45, 7) is 2.89. The van der Waals surface area contributed by atoms with E-state index in [0.717, 1.165) is 29.4 Å². The van der Waals surface area contributed by atoms with E-state index in [1.807, 2.05) is 24.3 Å². The molecule has 1 heterocycles. The van der Waals surface area contributed by atoms with E-state index >= 15 is 0 Å². The Morgan fingerprint density at radius 2 is 2.00 bits per heavy atom. The normalized spacial score (nSPS) is 21.4. The van der Waals surface area contributed by atoms with Crippen molar-refractivity contribution in [3.63, 3.8) is 0 Å². The molecule has 120 valence electrons. The summed E-state index contributed by atoms with van der Waals surface area (Å²) in [4.78, 5) is 4.55. The third-order valence-corrected chi connectivity index (χ3v) is 4.42. The van der Waals surface area contributed by atoms with Crippen LogP contribution in [-0.4, -0.2) is 10.1 Å². The van der Waals surface area contributed by atoms with Crippen LogP contribution in [0.4, 0.5) is 0 Å². The fourth-order valence-electron chi connectivity index (χ4n) is 3.24. The lowest BCUT2D eigenvalue weighted by Gasteiger charge is -2.25. The summed E-state index contributed by atoms with van der Waals surface area (Å²) in [7, 11) is 0. The molecule has 2 N–H and O–H groups in total. The van der Waals surface area contributed by atoms with Crippen LogP contribution in [0.1, 0.15) is 44.1 Å². The molecular weight excluding hydrogens is 298 g/mol. The highest BCUT2D eigenvalue weighted by atomic mass is 35.5. The maximum atomic E-state index is 5.61. The van der Waals surface area contributed by atoms with Gasteiger partial charge < -0.3 is 10.3 Å². The highest BCUT2D eigenvalue weighted by Gasteiger charge is 2.21. The average molecular weight is 322 g/mol. The highest BCUT2D eigenvalue weighted by Crippen LogP contribution is 2.31.